The van der Waals surface area contributed by atoms with Crippen LogP contribution in [0, 0.1) is 0 Å². The first-order chi connectivity index (χ1) is 23.5. The molecule has 2 aromatic heterocycles. The van der Waals surface area contributed by atoms with Crippen molar-refractivity contribution >= 4 is 43.5 Å². The summed E-state index contributed by atoms with van der Waals surface area (Å²) in [5.74, 6) is 1.97. The lowest BCUT2D eigenvalue weighted by atomic mass is 9.81. The SMILES string of the molecule is CC1(C)c2cc(-c3nc(-c4ccccc4)nc(-c4cc5ccccc5c5ccccc45)n3)ccc2-c2c1ccc1oc3ccccc3c21. The molecule has 0 fully saturated rings. The number of aromatic nitrogens is 3. The summed E-state index contributed by atoms with van der Waals surface area (Å²) in [5, 5.41) is 7.01. The smallest absolute Gasteiger partial charge is 0.164 e. The van der Waals surface area contributed by atoms with Crippen LogP contribution in [-0.2, 0) is 5.41 Å². The molecule has 1 aliphatic rings. The summed E-state index contributed by atoms with van der Waals surface area (Å²) in [6.45, 7) is 4.62. The highest BCUT2D eigenvalue weighted by Crippen LogP contribution is 2.53. The van der Waals surface area contributed by atoms with Gasteiger partial charge in [-0.3, -0.25) is 0 Å². The van der Waals surface area contributed by atoms with E-state index in [4.69, 9.17) is 19.4 Å². The van der Waals surface area contributed by atoms with Gasteiger partial charge < -0.3 is 4.42 Å². The van der Waals surface area contributed by atoms with E-state index in [0.29, 0.717) is 17.5 Å². The second-order valence-electron chi connectivity index (χ2n) is 13.2. The van der Waals surface area contributed by atoms with E-state index in [2.05, 4.69) is 123 Å². The van der Waals surface area contributed by atoms with Crippen molar-refractivity contribution in [3.8, 4) is 45.3 Å². The van der Waals surface area contributed by atoms with Gasteiger partial charge in [0.2, 0.25) is 0 Å². The van der Waals surface area contributed by atoms with E-state index in [1.54, 1.807) is 0 Å². The minimum atomic E-state index is -0.222. The molecule has 0 radical (unpaired) electrons. The molecule has 0 N–H and O–H groups in total. The molecule has 9 aromatic rings. The van der Waals surface area contributed by atoms with Crippen molar-refractivity contribution < 1.29 is 4.42 Å². The molecule has 0 atom stereocenters. The largest absolute Gasteiger partial charge is 0.456 e. The Morgan fingerprint density at radius 3 is 1.96 bits per heavy atom. The van der Waals surface area contributed by atoms with E-state index in [-0.39, 0.29) is 5.41 Å². The van der Waals surface area contributed by atoms with Crippen LogP contribution in [0.5, 0.6) is 0 Å². The van der Waals surface area contributed by atoms with Crippen LogP contribution in [-0.4, -0.2) is 15.0 Å². The Bertz CT molecular complexity index is 2760. The van der Waals surface area contributed by atoms with Crippen LogP contribution in [0.2, 0.25) is 0 Å². The van der Waals surface area contributed by atoms with Crippen molar-refractivity contribution in [3.05, 3.63) is 151 Å². The van der Waals surface area contributed by atoms with Gasteiger partial charge in [0, 0.05) is 32.9 Å². The number of benzene rings is 7. The molecule has 1 aliphatic carbocycles. The Hall–Kier alpha value is -6.13. The summed E-state index contributed by atoms with van der Waals surface area (Å²) in [6, 6.07) is 48.8. The molecule has 2 heterocycles. The maximum absolute atomic E-state index is 6.29. The van der Waals surface area contributed by atoms with Crippen molar-refractivity contribution in [1.82, 2.24) is 15.0 Å². The maximum atomic E-state index is 6.29. The lowest BCUT2D eigenvalue weighted by Crippen LogP contribution is -2.15. The average molecular weight is 616 g/mol. The van der Waals surface area contributed by atoms with Crippen molar-refractivity contribution in [1.29, 1.82) is 0 Å². The second kappa shape index (κ2) is 9.93. The molecule has 226 valence electrons. The first-order valence-corrected chi connectivity index (χ1v) is 16.4. The van der Waals surface area contributed by atoms with Crippen LogP contribution in [0.25, 0.3) is 88.8 Å². The zero-order chi connectivity index (χ0) is 32.0. The zero-order valence-corrected chi connectivity index (χ0v) is 26.5. The molecule has 7 aromatic carbocycles. The molecular weight excluding hydrogens is 587 g/mol. The van der Waals surface area contributed by atoms with Gasteiger partial charge in [-0.2, -0.15) is 0 Å². The molecule has 0 aliphatic heterocycles. The topological polar surface area (TPSA) is 51.8 Å². The van der Waals surface area contributed by atoms with Crippen LogP contribution in [0.15, 0.2) is 144 Å². The third-order valence-corrected chi connectivity index (χ3v) is 10.1. The predicted molar refractivity (Wildman–Crippen MR) is 196 cm³/mol. The van der Waals surface area contributed by atoms with Crippen LogP contribution >= 0.6 is 0 Å². The van der Waals surface area contributed by atoms with Gasteiger partial charge in [0.1, 0.15) is 11.2 Å². The van der Waals surface area contributed by atoms with E-state index < -0.39 is 0 Å². The van der Waals surface area contributed by atoms with E-state index in [1.165, 1.54) is 38.4 Å². The minimum Gasteiger partial charge on any atom is -0.456 e. The van der Waals surface area contributed by atoms with Gasteiger partial charge in [-0.25, -0.2) is 15.0 Å². The third-order valence-electron chi connectivity index (χ3n) is 10.1. The molecule has 0 bridgehead atoms. The Kier molecular flexibility index (Phi) is 5.59. The second-order valence-corrected chi connectivity index (χ2v) is 13.2. The summed E-state index contributed by atoms with van der Waals surface area (Å²) in [6.07, 6.45) is 0. The summed E-state index contributed by atoms with van der Waals surface area (Å²) in [4.78, 5) is 15.4. The van der Waals surface area contributed by atoms with Gasteiger partial charge in [0.15, 0.2) is 17.5 Å². The zero-order valence-electron chi connectivity index (χ0n) is 26.5. The first kappa shape index (κ1) is 27.0. The van der Waals surface area contributed by atoms with Gasteiger partial charge in [0.25, 0.3) is 0 Å². The number of rotatable bonds is 3. The van der Waals surface area contributed by atoms with Gasteiger partial charge in [-0.05, 0) is 68.1 Å². The standard InChI is InChI=1S/C44H29N3O/c1-44(2)35-22-23-38-40(33-18-10-11-19-37(33)48-38)39(35)32-21-20-28(25-36(32)44)42-45-41(26-12-4-3-5-13-26)46-43(47-42)34-24-27-14-6-7-15-29(27)30-16-8-9-17-31(30)34/h3-25H,1-2H3. The van der Waals surface area contributed by atoms with Crippen molar-refractivity contribution in [3.63, 3.8) is 0 Å². The maximum Gasteiger partial charge on any atom is 0.164 e. The minimum absolute atomic E-state index is 0.222. The van der Waals surface area contributed by atoms with Crippen LogP contribution < -0.4 is 0 Å². The number of furan rings is 1. The lowest BCUT2D eigenvalue weighted by Gasteiger charge is -2.22. The van der Waals surface area contributed by atoms with Gasteiger partial charge in [0.05, 0.1) is 0 Å². The van der Waals surface area contributed by atoms with E-state index >= 15 is 0 Å². The highest BCUT2D eigenvalue weighted by molar-refractivity contribution is 6.15. The first-order valence-electron chi connectivity index (χ1n) is 16.4. The van der Waals surface area contributed by atoms with Crippen molar-refractivity contribution in [2.24, 2.45) is 0 Å². The number of hydrogen-bond acceptors (Lipinski definition) is 4. The molecule has 48 heavy (non-hydrogen) atoms. The van der Waals surface area contributed by atoms with E-state index in [0.717, 1.165) is 44.0 Å². The van der Waals surface area contributed by atoms with Crippen LogP contribution in [0.3, 0.4) is 0 Å². The fourth-order valence-electron chi connectivity index (χ4n) is 7.76. The van der Waals surface area contributed by atoms with Crippen molar-refractivity contribution in [2.75, 3.05) is 0 Å². The molecule has 0 amide bonds. The molecule has 0 saturated carbocycles. The van der Waals surface area contributed by atoms with Crippen LogP contribution in [0.1, 0.15) is 25.0 Å². The van der Waals surface area contributed by atoms with Gasteiger partial charge >= 0.3 is 0 Å². The fraction of sp³-hybridized carbons (Fsp3) is 0.0682. The molecule has 10 rings (SSSR count). The Morgan fingerprint density at radius 1 is 0.458 bits per heavy atom. The lowest BCUT2D eigenvalue weighted by molar-refractivity contribution is 0.656. The molecule has 4 heteroatoms. The summed E-state index contributed by atoms with van der Waals surface area (Å²) < 4.78 is 6.29. The van der Waals surface area contributed by atoms with E-state index in [1.807, 2.05) is 30.3 Å². The molecule has 0 saturated heterocycles. The summed E-state index contributed by atoms with van der Waals surface area (Å²) in [7, 11) is 0. The number of para-hydroxylation sites is 1. The highest BCUT2D eigenvalue weighted by Gasteiger charge is 2.38. The molecule has 0 unspecified atom stereocenters. The molecule has 4 nitrogen and oxygen atoms in total. The Balaban J connectivity index is 1.21. The Morgan fingerprint density at radius 2 is 1.12 bits per heavy atom. The normalized spacial score (nSPS) is 13.4. The van der Waals surface area contributed by atoms with Gasteiger partial charge in [-0.15, -0.1) is 0 Å². The summed E-state index contributed by atoms with van der Waals surface area (Å²) >= 11 is 0. The molecule has 0 spiro atoms. The highest BCUT2D eigenvalue weighted by atomic mass is 16.3. The fourth-order valence-corrected chi connectivity index (χ4v) is 7.76. The number of fused-ring (bicyclic) bond motifs is 10. The molecular formula is C44H29N3O. The summed E-state index contributed by atoms with van der Waals surface area (Å²) in [5.41, 5.74) is 9.57. The quantitative estimate of drug-likeness (QED) is 0.186. The number of nitrogens with zero attached hydrogens (tertiary/aromatic N) is 3. The predicted octanol–water partition coefficient (Wildman–Crippen LogP) is 11.4. The average Bonchev–Trinajstić information content (AvgIpc) is 3.63. The van der Waals surface area contributed by atoms with E-state index in [9.17, 15) is 0 Å². The van der Waals surface area contributed by atoms with Gasteiger partial charge in [-0.1, -0.05) is 129 Å². The number of hydrogen-bond donors (Lipinski definition) is 0. The monoisotopic (exact) mass is 615 g/mol. The Labute approximate surface area is 277 Å². The van der Waals surface area contributed by atoms with Crippen molar-refractivity contribution in [2.45, 2.75) is 19.3 Å². The third kappa shape index (κ3) is 3.86. The van der Waals surface area contributed by atoms with Crippen LogP contribution in [0.4, 0.5) is 0 Å².